The number of rotatable bonds is 0. The number of aromatic nitrogens is 1. The van der Waals surface area contributed by atoms with Crippen LogP contribution in [-0.2, 0) is 6.42 Å². The standard InChI is InChI=1S/C16H20N2/c1-11-9-14-13-6-2-3-7-15(13)17-16(14)12-5-4-8-18(11)10-12/h2-3,6-7,11-12,17H,4-5,8-10H2,1H3. The van der Waals surface area contributed by atoms with E-state index < -0.39 is 0 Å². The second-order valence-corrected chi connectivity index (χ2v) is 5.95. The summed E-state index contributed by atoms with van der Waals surface area (Å²) in [6, 6.07) is 9.48. The first kappa shape index (κ1) is 10.6. The quantitative estimate of drug-likeness (QED) is 0.748. The number of aromatic amines is 1. The third-order valence-corrected chi connectivity index (χ3v) is 4.83. The highest BCUT2D eigenvalue weighted by molar-refractivity contribution is 5.85. The van der Waals surface area contributed by atoms with Gasteiger partial charge in [-0.1, -0.05) is 18.2 Å². The summed E-state index contributed by atoms with van der Waals surface area (Å²) >= 11 is 0. The number of nitrogens with zero attached hydrogens (tertiary/aromatic N) is 1. The molecule has 2 aliphatic rings. The minimum Gasteiger partial charge on any atom is -0.358 e. The van der Waals surface area contributed by atoms with Crippen LogP contribution in [0.25, 0.3) is 10.9 Å². The number of para-hydroxylation sites is 1. The van der Waals surface area contributed by atoms with Gasteiger partial charge in [0.15, 0.2) is 0 Å². The number of H-pyrrole nitrogens is 1. The van der Waals surface area contributed by atoms with E-state index in [9.17, 15) is 0 Å². The predicted octanol–water partition coefficient (Wildman–Crippen LogP) is 3.29. The molecule has 2 aliphatic heterocycles. The molecule has 0 spiro atoms. The van der Waals surface area contributed by atoms with Crippen LogP contribution in [-0.4, -0.2) is 29.0 Å². The van der Waals surface area contributed by atoms with Crippen molar-refractivity contribution < 1.29 is 0 Å². The van der Waals surface area contributed by atoms with Crippen LogP contribution in [0.5, 0.6) is 0 Å². The molecule has 94 valence electrons. The molecule has 0 aliphatic carbocycles. The number of piperidine rings is 1. The van der Waals surface area contributed by atoms with Gasteiger partial charge in [-0.2, -0.15) is 0 Å². The summed E-state index contributed by atoms with van der Waals surface area (Å²) < 4.78 is 0. The van der Waals surface area contributed by atoms with Crippen LogP contribution in [0.3, 0.4) is 0 Å². The Morgan fingerprint density at radius 3 is 3.11 bits per heavy atom. The Kier molecular flexibility index (Phi) is 2.28. The van der Waals surface area contributed by atoms with Crippen molar-refractivity contribution >= 4 is 10.9 Å². The van der Waals surface area contributed by atoms with Crippen LogP contribution in [0.15, 0.2) is 24.3 Å². The van der Waals surface area contributed by atoms with Crippen LogP contribution >= 0.6 is 0 Å². The third-order valence-electron chi connectivity index (χ3n) is 4.83. The maximum absolute atomic E-state index is 3.71. The lowest BCUT2D eigenvalue weighted by molar-refractivity contribution is 0.165. The lowest BCUT2D eigenvalue weighted by Crippen LogP contribution is -2.39. The first-order chi connectivity index (χ1) is 8.83. The van der Waals surface area contributed by atoms with Gasteiger partial charge in [0.05, 0.1) is 0 Å². The number of nitrogens with one attached hydrogen (secondary N) is 1. The molecule has 3 heterocycles. The topological polar surface area (TPSA) is 19.0 Å². The smallest absolute Gasteiger partial charge is 0.0459 e. The van der Waals surface area contributed by atoms with E-state index in [2.05, 4.69) is 41.1 Å². The molecular weight excluding hydrogens is 220 g/mol. The Bertz CT molecular complexity index is 584. The molecule has 18 heavy (non-hydrogen) atoms. The molecule has 1 fully saturated rings. The molecule has 3 atom stereocenters. The van der Waals surface area contributed by atoms with E-state index in [1.54, 1.807) is 5.56 Å². The minimum atomic E-state index is 0.688. The van der Waals surface area contributed by atoms with Crippen molar-refractivity contribution in [2.75, 3.05) is 13.1 Å². The van der Waals surface area contributed by atoms with Gasteiger partial charge < -0.3 is 4.98 Å². The van der Waals surface area contributed by atoms with Crippen molar-refractivity contribution in [3.63, 3.8) is 0 Å². The van der Waals surface area contributed by atoms with Gasteiger partial charge >= 0.3 is 0 Å². The fraction of sp³-hybridized carbons (Fsp3) is 0.500. The molecule has 1 N–H and O–H groups in total. The summed E-state index contributed by atoms with van der Waals surface area (Å²) in [5.41, 5.74) is 4.45. The lowest BCUT2D eigenvalue weighted by atomic mass is 9.93. The van der Waals surface area contributed by atoms with Gasteiger partial charge in [-0.15, -0.1) is 0 Å². The van der Waals surface area contributed by atoms with E-state index in [1.807, 2.05) is 0 Å². The molecule has 0 radical (unpaired) electrons. The largest absolute Gasteiger partial charge is 0.358 e. The number of benzene rings is 1. The molecule has 2 heteroatoms. The average molecular weight is 240 g/mol. The number of hydrogen-bond donors (Lipinski definition) is 1. The van der Waals surface area contributed by atoms with Crippen molar-refractivity contribution in [2.45, 2.75) is 38.1 Å². The summed E-state index contributed by atoms with van der Waals surface area (Å²) in [4.78, 5) is 6.38. The number of fused-ring (bicyclic) bond motifs is 6. The summed E-state index contributed by atoms with van der Waals surface area (Å²) in [7, 11) is 0. The normalized spacial score (nSPS) is 31.1. The van der Waals surface area contributed by atoms with Gasteiger partial charge in [0.25, 0.3) is 0 Å². The molecule has 2 bridgehead atoms. The maximum Gasteiger partial charge on any atom is 0.0459 e. The lowest BCUT2D eigenvalue weighted by Gasteiger charge is -2.33. The zero-order valence-corrected chi connectivity index (χ0v) is 10.9. The maximum atomic E-state index is 3.71. The highest BCUT2D eigenvalue weighted by Gasteiger charge is 2.32. The van der Waals surface area contributed by atoms with Crippen molar-refractivity contribution in [1.82, 2.24) is 9.88 Å². The molecule has 2 nitrogen and oxygen atoms in total. The van der Waals surface area contributed by atoms with Crippen LogP contribution in [0.1, 0.15) is 36.9 Å². The molecule has 0 amide bonds. The molecule has 2 aromatic rings. The van der Waals surface area contributed by atoms with Crippen LogP contribution in [0, 0.1) is 0 Å². The van der Waals surface area contributed by atoms with Crippen LogP contribution in [0.4, 0.5) is 0 Å². The second kappa shape index (κ2) is 3.86. The summed E-state index contributed by atoms with van der Waals surface area (Å²) in [6.07, 6.45) is 3.91. The minimum absolute atomic E-state index is 0.688. The van der Waals surface area contributed by atoms with Crippen molar-refractivity contribution in [1.29, 1.82) is 0 Å². The SMILES string of the molecule is CC1Cc2c([nH]c3ccccc23)C2CCCN1C2. The van der Waals surface area contributed by atoms with Gasteiger partial charge in [-0.25, -0.2) is 0 Å². The van der Waals surface area contributed by atoms with E-state index in [4.69, 9.17) is 0 Å². The summed E-state index contributed by atoms with van der Waals surface area (Å²) in [5.74, 6) is 0.728. The Balaban J connectivity index is 1.92. The Hall–Kier alpha value is -1.28. The highest BCUT2D eigenvalue weighted by Crippen LogP contribution is 2.37. The van der Waals surface area contributed by atoms with Gasteiger partial charge in [0, 0.05) is 35.1 Å². The van der Waals surface area contributed by atoms with E-state index >= 15 is 0 Å². The second-order valence-electron chi connectivity index (χ2n) is 5.95. The van der Waals surface area contributed by atoms with E-state index in [0.717, 1.165) is 5.92 Å². The first-order valence-electron chi connectivity index (χ1n) is 7.16. The summed E-state index contributed by atoms with van der Waals surface area (Å²) in [5, 5.41) is 1.45. The molecule has 3 unspecified atom stereocenters. The number of hydrogen-bond acceptors (Lipinski definition) is 1. The molecule has 1 saturated heterocycles. The average Bonchev–Trinajstić information content (AvgIpc) is 2.74. The Labute approximate surface area is 108 Å². The first-order valence-corrected chi connectivity index (χ1v) is 7.16. The molecule has 1 aromatic heterocycles. The predicted molar refractivity (Wildman–Crippen MR) is 75.0 cm³/mol. The van der Waals surface area contributed by atoms with E-state index in [-0.39, 0.29) is 0 Å². The third kappa shape index (κ3) is 1.45. The van der Waals surface area contributed by atoms with Crippen molar-refractivity contribution in [3.8, 4) is 0 Å². The van der Waals surface area contributed by atoms with E-state index in [0.29, 0.717) is 6.04 Å². The Morgan fingerprint density at radius 2 is 2.17 bits per heavy atom. The zero-order chi connectivity index (χ0) is 12.1. The van der Waals surface area contributed by atoms with Crippen molar-refractivity contribution in [2.24, 2.45) is 0 Å². The van der Waals surface area contributed by atoms with E-state index in [1.165, 1.54) is 48.9 Å². The van der Waals surface area contributed by atoms with Gasteiger partial charge in [0.1, 0.15) is 0 Å². The zero-order valence-electron chi connectivity index (χ0n) is 10.9. The molecular formula is C16H20N2. The molecule has 0 saturated carbocycles. The van der Waals surface area contributed by atoms with Gasteiger partial charge in [-0.3, -0.25) is 4.90 Å². The van der Waals surface area contributed by atoms with Crippen molar-refractivity contribution in [3.05, 3.63) is 35.5 Å². The van der Waals surface area contributed by atoms with Gasteiger partial charge in [0.2, 0.25) is 0 Å². The van der Waals surface area contributed by atoms with Crippen LogP contribution < -0.4 is 0 Å². The monoisotopic (exact) mass is 240 g/mol. The highest BCUT2D eigenvalue weighted by atomic mass is 15.2. The van der Waals surface area contributed by atoms with Gasteiger partial charge in [-0.05, 0) is 44.4 Å². The fourth-order valence-corrected chi connectivity index (χ4v) is 3.86. The molecule has 4 rings (SSSR count). The Morgan fingerprint density at radius 1 is 1.28 bits per heavy atom. The van der Waals surface area contributed by atoms with Crippen LogP contribution in [0.2, 0.25) is 0 Å². The molecule has 1 aromatic carbocycles. The summed E-state index contributed by atoms with van der Waals surface area (Å²) in [6.45, 7) is 4.93. The fourth-order valence-electron chi connectivity index (χ4n) is 3.86.